The van der Waals surface area contributed by atoms with E-state index >= 15 is 0 Å². The second kappa shape index (κ2) is 9.17. The van der Waals surface area contributed by atoms with E-state index in [1.54, 1.807) is 29.4 Å². The first-order valence-corrected chi connectivity index (χ1v) is 10.0. The van der Waals surface area contributed by atoms with Crippen LogP contribution in [-0.4, -0.2) is 27.2 Å². The number of hydrogen-bond donors (Lipinski definition) is 0. The summed E-state index contributed by atoms with van der Waals surface area (Å²) in [6.07, 6.45) is 5.66. The predicted octanol–water partition coefficient (Wildman–Crippen LogP) is 3.60. The van der Waals surface area contributed by atoms with Crippen molar-refractivity contribution in [2.75, 3.05) is 11.4 Å². The van der Waals surface area contributed by atoms with Gasteiger partial charge in [-0.3, -0.25) is 14.6 Å². The molecule has 154 valence electrons. The van der Waals surface area contributed by atoms with E-state index in [0.29, 0.717) is 18.4 Å². The number of nitrogens with zero attached hydrogens (tertiary/aromatic N) is 4. The molecule has 0 aliphatic heterocycles. The van der Waals surface area contributed by atoms with Crippen molar-refractivity contribution < 1.29 is 4.79 Å². The van der Waals surface area contributed by atoms with Crippen LogP contribution in [0.1, 0.15) is 11.3 Å². The van der Waals surface area contributed by atoms with Gasteiger partial charge < -0.3 is 4.90 Å². The molecule has 0 aliphatic carbocycles. The minimum atomic E-state index is -0.287. The van der Waals surface area contributed by atoms with E-state index in [-0.39, 0.29) is 18.0 Å². The lowest BCUT2D eigenvalue weighted by molar-refractivity contribution is -0.119. The first-order chi connectivity index (χ1) is 15.2. The van der Waals surface area contributed by atoms with E-state index in [9.17, 15) is 9.59 Å². The highest BCUT2D eigenvalue weighted by Gasteiger charge is 2.18. The van der Waals surface area contributed by atoms with Gasteiger partial charge in [0.1, 0.15) is 6.54 Å². The van der Waals surface area contributed by atoms with Crippen molar-refractivity contribution in [2.45, 2.75) is 13.0 Å². The zero-order chi connectivity index (χ0) is 21.6. The molecule has 4 rings (SSSR count). The monoisotopic (exact) mass is 410 g/mol. The van der Waals surface area contributed by atoms with Crippen LogP contribution in [0.5, 0.6) is 0 Å². The van der Waals surface area contributed by atoms with E-state index < -0.39 is 0 Å². The molecule has 6 nitrogen and oxygen atoms in total. The van der Waals surface area contributed by atoms with Crippen LogP contribution < -0.4 is 10.5 Å². The molecule has 0 spiro atoms. The highest BCUT2D eigenvalue weighted by molar-refractivity contribution is 5.93. The Bertz CT molecular complexity index is 1270. The molecule has 31 heavy (non-hydrogen) atoms. The first-order valence-electron chi connectivity index (χ1n) is 10.0. The van der Waals surface area contributed by atoms with Crippen molar-refractivity contribution in [3.8, 4) is 0 Å². The SMILES string of the molecule is C=CCN(C(=O)Cn1nc(Cc2cccnc2)c2ccccc2c1=O)c1ccccc1. The number of para-hydroxylation sites is 1. The number of pyridine rings is 1. The fourth-order valence-electron chi connectivity index (χ4n) is 3.54. The fraction of sp³-hybridized carbons (Fsp3) is 0.120. The third kappa shape index (κ3) is 4.43. The van der Waals surface area contributed by atoms with Gasteiger partial charge >= 0.3 is 0 Å². The number of carbonyl (C=O) groups excluding carboxylic acids is 1. The lowest BCUT2D eigenvalue weighted by Gasteiger charge is -2.21. The summed E-state index contributed by atoms with van der Waals surface area (Å²) in [6.45, 7) is 3.93. The summed E-state index contributed by atoms with van der Waals surface area (Å²) in [5, 5.41) is 5.90. The minimum Gasteiger partial charge on any atom is -0.307 e. The number of carbonyl (C=O) groups is 1. The number of aromatic nitrogens is 3. The van der Waals surface area contributed by atoms with Crippen molar-refractivity contribution in [2.24, 2.45) is 0 Å². The number of anilines is 1. The number of benzene rings is 2. The second-order valence-electron chi connectivity index (χ2n) is 7.12. The average Bonchev–Trinajstić information content (AvgIpc) is 2.81. The molecule has 2 aromatic heterocycles. The van der Waals surface area contributed by atoms with E-state index in [1.807, 2.05) is 60.7 Å². The maximum absolute atomic E-state index is 13.1. The Morgan fingerprint density at radius 1 is 1.00 bits per heavy atom. The molecule has 0 atom stereocenters. The number of amides is 1. The Morgan fingerprint density at radius 3 is 2.45 bits per heavy atom. The van der Waals surface area contributed by atoms with Crippen LogP contribution in [0, 0.1) is 0 Å². The third-order valence-corrected chi connectivity index (χ3v) is 5.00. The van der Waals surface area contributed by atoms with Crippen molar-refractivity contribution in [1.29, 1.82) is 0 Å². The van der Waals surface area contributed by atoms with E-state index in [1.165, 1.54) is 4.68 Å². The van der Waals surface area contributed by atoms with Crippen molar-refractivity contribution in [1.82, 2.24) is 14.8 Å². The van der Waals surface area contributed by atoms with Crippen molar-refractivity contribution >= 4 is 22.4 Å². The van der Waals surface area contributed by atoms with Gasteiger partial charge in [0, 0.05) is 36.4 Å². The normalized spacial score (nSPS) is 10.7. The topological polar surface area (TPSA) is 68.1 Å². The molecule has 0 aliphatic rings. The van der Waals surface area contributed by atoms with Gasteiger partial charge in [0.25, 0.3) is 5.56 Å². The number of fused-ring (bicyclic) bond motifs is 1. The maximum atomic E-state index is 13.1. The van der Waals surface area contributed by atoms with Gasteiger partial charge in [-0.25, -0.2) is 4.68 Å². The van der Waals surface area contributed by atoms with Crippen molar-refractivity contribution in [3.05, 3.63) is 113 Å². The Balaban J connectivity index is 1.73. The summed E-state index contributed by atoms with van der Waals surface area (Å²) < 4.78 is 1.26. The van der Waals surface area contributed by atoms with E-state index in [2.05, 4.69) is 16.7 Å². The molecule has 4 aromatic rings. The molecule has 0 fully saturated rings. The standard InChI is InChI=1S/C25H22N4O2/c1-2-15-28(20-10-4-3-5-11-20)24(30)18-29-25(31)22-13-7-6-12-21(22)23(27-29)16-19-9-8-14-26-17-19/h2-14,17H,1,15-16,18H2. The second-order valence-corrected chi connectivity index (χ2v) is 7.12. The zero-order valence-electron chi connectivity index (χ0n) is 17.0. The molecule has 1 amide bonds. The molecule has 0 saturated heterocycles. The van der Waals surface area contributed by atoms with E-state index in [4.69, 9.17) is 0 Å². The number of rotatable bonds is 7. The fourth-order valence-corrected chi connectivity index (χ4v) is 3.54. The van der Waals surface area contributed by atoms with Gasteiger partial charge in [0.2, 0.25) is 5.91 Å². The summed E-state index contributed by atoms with van der Waals surface area (Å²) in [5.74, 6) is -0.233. The van der Waals surface area contributed by atoms with Crippen LogP contribution in [0.25, 0.3) is 10.8 Å². The highest BCUT2D eigenvalue weighted by atomic mass is 16.2. The Labute approximate surface area is 180 Å². The zero-order valence-corrected chi connectivity index (χ0v) is 17.0. The highest BCUT2D eigenvalue weighted by Crippen LogP contribution is 2.17. The van der Waals surface area contributed by atoms with Gasteiger partial charge in [-0.05, 0) is 29.8 Å². The van der Waals surface area contributed by atoms with Crippen LogP contribution in [0.2, 0.25) is 0 Å². The summed E-state index contributed by atoms with van der Waals surface area (Å²) in [6, 6.07) is 20.5. The molecular weight excluding hydrogens is 388 g/mol. The van der Waals surface area contributed by atoms with Crippen molar-refractivity contribution in [3.63, 3.8) is 0 Å². The minimum absolute atomic E-state index is 0.160. The van der Waals surface area contributed by atoms with Gasteiger partial charge in [0.05, 0.1) is 11.1 Å². The Morgan fingerprint density at radius 2 is 1.74 bits per heavy atom. The molecule has 0 unspecified atom stereocenters. The smallest absolute Gasteiger partial charge is 0.275 e. The average molecular weight is 410 g/mol. The molecule has 0 N–H and O–H groups in total. The van der Waals surface area contributed by atoms with Gasteiger partial charge in [-0.1, -0.05) is 48.5 Å². The largest absolute Gasteiger partial charge is 0.307 e. The Kier molecular flexibility index (Phi) is 5.98. The number of hydrogen-bond acceptors (Lipinski definition) is 4. The summed E-state index contributed by atoms with van der Waals surface area (Å²) in [5.41, 5.74) is 2.17. The maximum Gasteiger partial charge on any atom is 0.275 e. The Hall–Kier alpha value is -4.06. The van der Waals surface area contributed by atoms with Gasteiger partial charge in [0.15, 0.2) is 0 Å². The lowest BCUT2D eigenvalue weighted by atomic mass is 10.1. The van der Waals surface area contributed by atoms with Crippen LogP contribution in [-0.2, 0) is 17.8 Å². The molecule has 0 saturated carbocycles. The van der Waals surface area contributed by atoms with Crippen LogP contribution in [0.4, 0.5) is 5.69 Å². The molecule has 0 bridgehead atoms. The van der Waals surface area contributed by atoms with Crippen LogP contribution in [0.15, 0.2) is 96.6 Å². The summed E-state index contributed by atoms with van der Waals surface area (Å²) >= 11 is 0. The van der Waals surface area contributed by atoms with E-state index in [0.717, 1.165) is 22.3 Å². The quantitative estimate of drug-likeness (QED) is 0.437. The summed E-state index contributed by atoms with van der Waals surface area (Å²) in [4.78, 5) is 32.0. The van der Waals surface area contributed by atoms with Crippen LogP contribution >= 0.6 is 0 Å². The lowest BCUT2D eigenvalue weighted by Crippen LogP contribution is -2.38. The molecule has 6 heteroatoms. The van der Waals surface area contributed by atoms with Crippen LogP contribution in [0.3, 0.4) is 0 Å². The van der Waals surface area contributed by atoms with Gasteiger partial charge in [-0.2, -0.15) is 5.10 Å². The molecule has 2 heterocycles. The van der Waals surface area contributed by atoms with Gasteiger partial charge in [-0.15, -0.1) is 6.58 Å². The molecule has 0 radical (unpaired) electrons. The molecule has 2 aromatic carbocycles. The first kappa shape index (κ1) is 20.2. The third-order valence-electron chi connectivity index (χ3n) is 5.00. The summed E-state index contributed by atoms with van der Waals surface area (Å²) in [7, 11) is 0. The molecular formula is C25H22N4O2. The predicted molar refractivity (Wildman–Crippen MR) is 122 cm³/mol.